The molecule has 0 rings (SSSR count). The summed E-state index contributed by atoms with van der Waals surface area (Å²) in [6, 6.07) is 0. The topological polar surface area (TPSA) is 115 Å². The van der Waals surface area contributed by atoms with Crippen LogP contribution >= 0.6 is 23.5 Å². The predicted molar refractivity (Wildman–Crippen MR) is 114 cm³/mol. The van der Waals surface area contributed by atoms with Crippen LogP contribution in [0.4, 0.5) is 0 Å². The van der Waals surface area contributed by atoms with Crippen LogP contribution in [0.3, 0.4) is 0 Å². The van der Waals surface area contributed by atoms with E-state index in [1.807, 2.05) is 56.7 Å². The van der Waals surface area contributed by atoms with Crippen molar-refractivity contribution in [2.75, 3.05) is 23.0 Å². The molecular formula is C19H32N4O3S2. The van der Waals surface area contributed by atoms with Crippen molar-refractivity contribution in [3.63, 3.8) is 0 Å². The Morgan fingerprint density at radius 3 is 1.86 bits per heavy atom. The maximum atomic E-state index is 11.8. The second-order valence-corrected chi connectivity index (χ2v) is 10.2. The molecule has 158 valence electrons. The molecule has 28 heavy (non-hydrogen) atoms. The molecular weight excluding hydrogens is 396 g/mol. The summed E-state index contributed by atoms with van der Waals surface area (Å²) in [6.45, 7) is 7.37. The van der Waals surface area contributed by atoms with Crippen LogP contribution in [0.5, 0.6) is 0 Å². The molecule has 0 atom stereocenters. The second-order valence-electron chi connectivity index (χ2n) is 7.72. The van der Waals surface area contributed by atoms with E-state index in [1.54, 1.807) is 12.4 Å². The lowest BCUT2D eigenvalue weighted by atomic mass is 9.87. The lowest BCUT2D eigenvalue weighted by Crippen LogP contribution is -2.34. The number of hydrogen-bond acceptors (Lipinski definition) is 8. The number of nitrogens with one attached hydrogen (secondary N) is 2. The summed E-state index contributed by atoms with van der Waals surface area (Å²) in [5, 5.41) is 19.1. The number of hydrogen-bond donors (Lipinski definition) is 2. The van der Waals surface area contributed by atoms with E-state index in [1.165, 1.54) is 0 Å². The molecule has 0 aliphatic heterocycles. The molecule has 0 radical (unpaired) electrons. The van der Waals surface area contributed by atoms with Crippen molar-refractivity contribution < 1.29 is 14.4 Å². The van der Waals surface area contributed by atoms with E-state index in [2.05, 4.69) is 10.2 Å². The lowest BCUT2D eigenvalue weighted by Gasteiger charge is -2.21. The molecule has 0 saturated carbocycles. The van der Waals surface area contributed by atoms with E-state index in [0.717, 1.165) is 55.1 Å². The van der Waals surface area contributed by atoms with Crippen LogP contribution in [-0.2, 0) is 14.4 Å². The predicted octanol–water partition coefficient (Wildman–Crippen LogP) is 3.58. The van der Waals surface area contributed by atoms with Gasteiger partial charge in [-0.05, 0) is 69.0 Å². The fraction of sp³-hybridized carbons (Fsp3) is 0.789. The van der Waals surface area contributed by atoms with Crippen molar-refractivity contribution in [2.24, 2.45) is 10.8 Å². The highest BCUT2D eigenvalue weighted by atomic mass is 32.2. The Bertz CT molecular complexity index is 569. The summed E-state index contributed by atoms with van der Waals surface area (Å²) in [7, 11) is 0. The minimum Gasteiger partial charge on any atom is -0.333 e. The minimum atomic E-state index is -0.599. The third kappa shape index (κ3) is 12.0. The van der Waals surface area contributed by atoms with Gasteiger partial charge in [0.25, 0.3) is 0 Å². The summed E-state index contributed by atoms with van der Waals surface area (Å²) in [6.07, 6.45) is 7.75. The molecule has 0 spiro atoms. The standard InChI is InChI=1S/C19H32N4O3S2/c1-18(2,16(24)22-14-20)8-5-10-27-12-7-13-28-11-6-9-19(3,4)17(25)26-23-15-21/h23H,5-13H2,1-4H3,(H,22,24). The number of thioether (sulfide) groups is 2. The van der Waals surface area contributed by atoms with Crippen molar-refractivity contribution in [2.45, 2.75) is 59.8 Å². The molecule has 0 heterocycles. The van der Waals surface area contributed by atoms with Gasteiger partial charge < -0.3 is 4.84 Å². The molecule has 0 aromatic rings. The first-order valence-corrected chi connectivity index (χ1v) is 11.7. The number of hydroxylamine groups is 1. The molecule has 0 aliphatic carbocycles. The first kappa shape index (κ1) is 26.4. The number of amides is 1. The van der Waals surface area contributed by atoms with Gasteiger partial charge in [-0.2, -0.15) is 39.5 Å². The largest absolute Gasteiger partial charge is 0.338 e. The molecule has 1 amide bonds. The maximum absolute atomic E-state index is 11.8. The SMILES string of the molecule is CC(C)(CCCSCCCSCCCC(C)(C)C(=O)ONC#N)C(=O)NC#N. The van der Waals surface area contributed by atoms with Gasteiger partial charge in [0.05, 0.1) is 5.41 Å². The van der Waals surface area contributed by atoms with Gasteiger partial charge in [0.1, 0.15) is 0 Å². The molecule has 0 bridgehead atoms. The van der Waals surface area contributed by atoms with Crippen LogP contribution in [0.25, 0.3) is 0 Å². The molecule has 7 nitrogen and oxygen atoms in total. The molecule has 0 saturated heterocycles. The number of nitrogens with zero attached hydrogens (tertiary/aromatic N) is 2. The fourth-order valence-electron chi connectivity index (χ4n) is 2.34. The molecule has 0 aromatic heterocycles. The molecule has 0 aliphatic rings. The Morgan fingerprint density at radius 2 is 1.36 bits per heavy atom. The number of rotatable bonds is 15. The monoisotopic (exact) mass is 428 g/mol. The zero-order valence-electron chi connectivity index (χ0n) is 17.3. The summed E-state index contributed by atoms with van der Waals surface area (Å²) in [5.74, 6) is 3.56. The average Bonchev–Trinajstić information content (AvgIpc) is 2.64. The van der Waals surface area contributed by atoms with Crippen molar-refractivity contribution in [3.8, 4) is 12.4 Å². The summed E-state index contributed by atoms with van der Waals surface area (Å²) in [5.41, 5.74) is 0.826. The van der Waals surface area contributed by atoms with Crippen LogP contribution in [0.2, 0.25) is 0 Å². The third-order valence-corrected chi connectivity index (χ3v) is 6.59. The van der Waals surface area contributed by atoms with E-state index < -0.39 is 16.8 Å². The second kappa shape index (κ2) is 14.4. The smallest absolute Gasteiger partial charge is 0.333 e. The van der Waals surface area contributed by atoms with Gasteiger partial charge in [0.15, 0.2) is 6.19 Å². The van der Waals surface area contributed by atoms with Gasteiger partial charge in [0, 0.05) is 5.41 Å². The zero-order valence-corrected chi connectivity index (χ0v) is 18.9. The Morgan fingerprint density at radius 1 is 0.857 bits per heavy atom. The quantitative estimate of drug-likeness (QED) is 0.176. The lowest BCUT2D eigenvalue weighted by molar-refractivity contribution is -0.159. The van der Waals surface area contributed by atoms with E-state index >= 15 is 0 Å². The van der Waals surface area contributed by atoms with Crippen LogP contribution in [0.15, 0.2) is 0 Å². The molecule has 0 unspecified atom stereocenters. The van der Waals surface area contributed by atoms with Gasteiger partial charge >= 0.3 is 5.97 Å². The first-order valence-electron chi connectivity index (χ1n) is 9.38. The van der Waals surface area contributed by atoms with Crippen molar-refractivity contribution in [3.05, 3.63) is 0 Å². The molecule has 0 fully saturated rings. The van der Waals surface area contributed by atoms with Crippen LogP contribution in [0.1, 0.15) is 59.8 Å². The number of carbonyl (C=O) groups is 2. The van der Waals surface area contributed by atoms with Crippen LogP contribution < -0.4 is 10.8 Å². The van der Waals surface area contributed by atoms with E-state index in [9.17, 15) is 9.59 Å². The summed E-state index contributed by atoms with van der Waals surface area (Å²) >= 11 is 3.78. The molecule has 2 N–H and O–H groups in total. The van der Waals surface area contributed by atoms with Crippen LogP contribution in [-0.4, -0.2) is 34.9 Å². The normalized spacial score (nSPS) is 11.2. The Labute approximate surface area is 177 Å². The van der Waals surface area contributed by atoms with E-state index in [-0.39, 0.29) is 5.91 Å². The van der Waals surface area contributed by atoms with Crippen molar-refractivity contribution >= 4 is 35.4 Å². The Kier molecular flexibility index (Phi) is 13.6. The van der Waals surface area contributed by atoms with Gasteiger partial charge in [-0.15, -0.1) is 0 Å². The van der Waals surface area contributed by atoms with Gasteiger partial charge in [-0.3, -0.25) is 10.1 Å². The fourth-order valence-corrected chi connectivity index (χ4v) is 4.33. The minimum absolute atomic E-state index is 0.214. The highest BCUT2D eigenvalue weighted by Gasteiger charge is 2.29. The molecule has 0 aromatic carbocycles. The van der Waals surface area contributed by atoms with Gasteiger partial charge in [-0.25, -0.2) is 4.79 Å². The van der Waals surface area contributed by atoms with E-state index in [4.69, 9.17) is 10.5 Å². The first-order chi connectivity index (χ1) is 13.2. The number of nitriles is 2. The van der Waals surface area contributed by atoms with Crippen LogP contribution in [0, 0.1) is 33.7 Å². The summed E-state index contributed by atoms with van der Waals surface area (Å²) < 4.78 is 0. The summed E-state index contributed by atoms with van der Waals surface area (Å²) in [4.78, 5) is 28.1. The Hall–Kier alpha value is -1.58. The molecule has 9 heteroatoms. The highest BCUT2D eigenvalue weighted by Crippen LogP contribution is 2.26. The highest BCUT2D eigenvalue weighted by molar-refractivity contribution is 8.00. The van der Waals surface area contributed by atoms with Gasteiger partial charge in [-0.1, -0.05) is 13.8 Å². The number of carbonyl (C=O) groups excluding carboxylic acids is 2. The third-order valence-electron chi connectivity index (χ3n) is 4.28. The Balaban J connectivity index is 3.63. The average molecular weight is 429 g/mol. The zero-order chi connectivity index (χ0) is 21.5. The van der Waals surface area contributed by atoms with Crippen molar-refractivity contribution in [1.29, 1.82) is 10.5 Å². The maximum Gasteiger partial charge on any atom is 0.338 e. The van der Waals surface area contributed by atoms with E-state index in [0.29, 0.717) is 0 Å². The van der Waals surface area contributed by atoms with Crippen molar-refractivity contribution in [1.82, 2.24) is 10.8 Å². The van der Waals surface area contributed by atoms with Gasteiger partial charge in [0.2, 0.25) is 12.1 Å².